The Hall–Kier alpha value is -1.49. The highest BCUT2D eigenvalue weighted by Crippen LogP contribution is 2.40. The Bertz CT molecular complexity index is 759. The first-order valence-electron chi connectivity index (χ1n) is 12.7. The molecular formula is C28H44N2. The van der Waals surface area contributed by atoms with Gasteiger partial charge in [-0.1, -0.05) is 58.1 Å². The lowest BCUT2D eigenvalue weighted by molar-refractivity contribution is 0.251. The molecule has 2 heterocycles. The maximum Gasteiger partial charge on any atom is 0.101 e. The summed E-state index contributed by atoms with van der Waals surface area (Å²) >= 11 is 0. The first kappa shape index (κ1) is 23.2. The molecule has 1 aromatic heterocycles. The van der Waals surface area contributed by atoms with Crippen LogP contribution in [0.25, 0.3) is 0 Å². The molecule has 0 amide bonds. The van der Waals surface area contributed by atoms with E-state index < -0.39 is 0 Å². The number of allylic oxidation sites excluding steroid dienone is 2. The van der Waals surface area contributed by atoms with Crippen LogP contribution in [0, 0.1) is 29.6 Å². The van der Waals surface area contributed by atoms with E-state index in [0.717, 1.165) is 18.5 Å². The molecule has 2 atom stereocenters. The van der Waals surface area contributed by atoms with Crippen molar-refractivity contribution in [3.8, 4) is 6.07 Å². The van der Waals surface area contributed by atoms with Crippen LogP contribution in [0.15, 0.2) is 12.2 Å². The van der Waals surface area contributed by atoms with Gasteiger partial charge in [0.1, 0.15) is 6.07 Å². The lowest BCUT2D eigenvalue weighted by Gasteiger charge is -2.30. The smallest absolute Gasteiger partial charge is 0.101 e. The molecule has 2 heteroatoms. The highest BCUT2D eigenvalue weighted by atomic mass is 15.0. The number of hydrogen-bond donors (Lipinski definition) is 0. The molecular weight excluding hydrogens is 364 g/mol. The first-order chi connectivity index (χ1) is 14.5. The van der Waals surface area contributed by atoms with Crippen molar-refractivity contribution >= 4 is 0 Å². The maximum atomic E-state index is 9.87. The topological polar surface area (TPSA) is 28.7 Å². The average molecular weight is 409 g/mol. The van der Waals surface area contributed by atoms with Gasteiger partial charge in [0.15, 0.2) is 0 Å². The van der Waals surface area contributed by atoms with Crippen molar-refractivity contribution in [3.05, 3.63) is 34.7 Å². The summed E-state index contributed by atoms with van der Waals surface area (Å²) in [6.45, 7) is 10.5. The Kier molecular flexibility index (Phi) is 8.27. The van der Waals surface area contributed by atoms with Crippen LogP contribution in [0.2, 0.25) is 0 Å². The molecule has 30 heavy (non-hydrogen) atoms. The molecule has 3 rings (SSSR count). The Morgan fingerprint density at radius 3 is 2.53 bits per heavy atom. The van der Waals surface area contributed by atoms with Crippen LogP contribution < -0.4 is 0 Å². The van der Waals surface area contributed by atoms with Crippen molar-refractivity contribution in [2.75, 3.05) is 0 Å². The fourth-order valence-electron chi connectivity index (χ4n) is 6.29. The zero-order valence-electron chi connectivity index (χ0n) is 20.1. The fourth-order valence-corrected chi connectivity index (χ4v) is 6.29. The zero-order chi connectivity index (χ0) is 21.6. The van der Waals surface area contributed by atoms with Gasteiger partial charge in [-0.25, -0.2) is 0 Å². The number of nitrogens with zero attached hydrogens (tertiary/aromatic N) is 2. The molecule has 0 aromatic carbocycles. The van der Waals surface area contributed by atoms with E-state index in [1.807, 2.05) is 0 Å². The minimum Gasteiger partial charge on any atom is -0.347 e. The highest BCUT2D eigenvalue weighted by molar-refractivity contribution is 5.48. The summed E-state index contributed by atoms with van der Waals surface area (Å²) in [5.41, 5.74) is 5.59. The van der Waals surface area contributed by atoms with Gasteiger partial charge in [-0.3, -0.25) is 0 Å². The number of aromatic nitrogens is 1. The quantitative estimate of drug-likeness (QED) is 0.453. The Morgan fingerprint density at radius 1 is 1.00 bits per heavy atom. The van der Waals surface area contributed by atoms with Crippen molar-refractivity contribution in [2.24, 2.45) is 11.3 Å². The van der Waals surface area contributed by atoms with Crippen molar-refractivity contribution in [2.45, 2.75) is 124 Å². The Balaban J connectivity index is 1.89. The third-order valence-corrected chi connectivity index (χ3v) is 7.78. The van der Waals surface area contributed by atoms with E-state index in [9.17, 15) is 5.26 Å². The zero-order valence-corrected chi connectivity index (χ0v) is 20.1. The molecule has 0 radical (unpaired) electrons. The van der Waals surface area contributed by atoms with Crippen molar-refractivity contribution in [1.29, 1.82) is 5.26 Å². The first-order valence-corrected chi connectivity index (χ1v) is 12.7. The predicted molar refractivity (Wildman–Crippen MR) is 128 cm³/mol. The molecule has 0 spiro atoms. The standard InChI is InChI=1S/C28H44N2/c1-5-13-23-16-17-24(14-9-7-6-8-11-18-28(3,4)20-23)27-22(2)25(21-29)26-15-10-12-19-30(26)27/h5,13,23-24H,6-12,14-20H2,1-4H3. The van der Waals surface area contributed by atoms with E-state index in [4.69, 9.17) is 0 Å². The van der Waals surface area contributed by atoms with E-state index in [0.29, 0.717) is 17.3 Å². The van der Waals surface area contributed by atoms with Crippen LogP contribution in [0.4, 0.5) is 0 Å². The summed E-state index contributed by atoms with van der Waals surface area (Å²) in [4.78, 5) is 0. The summed E-state index contributed by atoms with van der Waals surface area (Å²) in [6, 6.07) is 2.57. The van der Waals surface area contributed by atoms with Gasteiger partial charge < -0.3 is 4.57 Å². The molecule has 1 fully saturated rings. The molecule has 1 aliphatic carbocycles. The average Bonchev–Trinajstić information content (AvgIpc) is 3.00. The fraction of sp³-hybridized carbons (Fsp3) is 0.750. The third kappa shape index (κ3) is 5.60. The predicted octanol–water partition coefficient (Wildman–Crippen LogP) is 8.22. The summed E-state index contributed by atoms with van der Waals surface area (Å²) in [5.74, 6) is 1.29. The van der Waals surface area contributed by atoms with Gasteiger partial charge >= 0.3 is 0 Å². The van der Waals surface area contributed by atoms with E-state index in [1.165, 1.54) is 94.0 Å². The third-order valence-electron chi connectivity index (χ3n) is 7.78. The number of fused-ring (bicyclic) bond motifs is 1. The van der Waals surface area contributed by atoms with Crippen molar-refractivity contribution in [1.82, 2.24) is 4.57 Å². The Morgan fingerprint density at radius 2 is 1.77 bits per heavy atom. The minimum atomic E-state index is 0.436. The van der Waals surface area contributed by atoms with E-state index in [1.54, 1.807) is 0 Å². The molecule has 2 unspecified atom stereocenters. The van der Waals surface area contributed by atoms with Gasteiger partial charge in [0.2, 0.25) is 0 Å². The summed E-state index contributed by atoms with van der Waals surface area (Å²) < 4.78 is 2.58. The van der Waals surface area contributed by atoms with E-state index in [2.05, 4.69) is 50.5 Å². The van der Waals surface area contributed by atoms with Gasteiger partial charge in [-0.15, -0.1) is 0 Å². The molecule has 2 nitrogen and oxygen atoms in total. The number of rotatable bonds is 2. The highest BCUT2D eigenvalue weighted by Gasteiger charge is 2.28. The number of nitriles is 1. The van der Waals surface area contributed by atoms with Gasteiger partial charge in [0.25, 0.3) is 0 Å². The lowest BCUT2D eigenvalue weighted by atomic mass is 9.76. The normalized spacial score (nSPS) is 26.2. The Labute approximate surface area is 185 Å². The minimum absolute atomic E-state index is 0.436. The van der Waals surface area contributed by atoms with Crippen molar-refractivity contribution in [3.63, 3.8) is 0 Å². The molecule has 0 N–H and O–H groups in total. The van der Waals surface area contributed by atoms with Crippen LogP contribution in [0.1, 0.15) is 126 Å². The SMILES string of the molecule is CC=CC1CCC(c2c(C)c(C#N)c3n2CCCC3)CCCCCCCC(C)(C)C1. The van der Waals surface area contributed by atoms with Gasteiger partial charge in [-0.2, -0.15) is 5.26 Å². The van der Waals surface area contributed by atoms with Crippen LogP contribution in [-0.2, 0) is 13.0 Å². The molecule has 2 aliphatic rings. The van der Waals surface area contributed by atoms with E-state index >= 15 is 0 Å². The molecule has 1 aliphatic heterocycles. The van der Waals surface area contributed by atoms with Crippen LogP contribution in [-0.4, -0.2) is 4.57 Å². The maximum absolute atomic E-state index is 9.87. The second kappa shape index (κ2) is 10.7. The van der Waals surface area contributed by atoms with Gasteiger partial charge in [0.05, 0.1) is 5.56 Å². The second-order valence-corrected chi connectivity index (χ2v) is 10.8. The largest absolute Gasteiger partial charge is 0.347 e. The molecule has 1 saturated carbocycles. The van der Waals surface area contributed by atoms with E-state index in [-0.39, 0.29) is 0 Å². The second-order valence-electron chi connectivity index (χ2n) is 10.8. The molecule has 166 valence electrons. The molecule has 0 bridgehead atoms. The monoisotopic (exact) mass is 408 g/mol. The summed E-state index contributed by atoms with van der Waals surface area (Å²) in [6.07, 6.45) is 21.7. The van der Waals surface area contributed by atoms with Crippen molar-refractivity contribution < 1.29 is 0 Å². The van der Waals surface area contributed by atoms with Crippen LogP contribution in [0.3, 0.4) is 0 Å². The van der Waals surface area contributed by atoms with Crippen LogP contribution in [0.5, 0.6) is 0 Å². The lowest BCUT2D eigenvalue weighted by Crippen LogP contribution is -2.18. The number of hydrogen-bond acceptors (Lipinski definition) is 1. The van der Waals surface area contributed by atoms with Crippen LogP contribution >= 0.6 is 0 Å². The molecule has 1 aromatic rings. The van der Waals surface area contributed by atoms with Gasteiger partial charge in [0, 0.05) is 17.9 Å². The molecule has 0 saturated heterocycles. The summed E-state index contributed by atoms with van der Waals surface area (Å²) in [5, 5.41) is 9.87. The summed E-state index contributed by atoms with van der Waals surface area (Å²) in [7, 11) is 0. The van der Waals surface area contributed by atoms with Gasteiger partial charge in [-0.05, 0) is 88.0 Å².